The molecule has 2 aromatic rings. The van der Waals surface area contributed by atoms with Crippen molar-refractivity contribution >= 4 is 18.0 Å². The van der Waals surface area contributed by atoms with Crippen molar-refractivity contribution in [2.24, 2.45) is 0 Å². The van der Waals surface area contributed by atoms with Gasteiger partial charge in [-0.1, -0.05) is 60.2 Å². The zero-order valence-corrected chi connectivity index (χ0v) is 15.3. The minimum Gasteiger partial charge on any atom is -0.444 e. The molecule has 1 saturated heterocycles. The molecule has 1 aliphatic heterocycles. The number of esters is 1. The molecule has 1 atom stereocenters. The van der Waals surface area contributed by atoms with Crippen molar-refractivity contribution in [1.82, 2.24) is 4.90 Å². The molecule has 5 heteroatoms. The van der Waals surface area contributed by atoms with Crippen molar-refractivity contribution in [3.63, 3.8) is 0 Å². The molecular formula is C22H23NO4. The Morgan fingerprint density at radius 1 is 1.04 bits per heavy atom. The average molecular weight is 365 g/mol. The summed E-state index contributed by atoms with van der Waals surface area (Å²) in [4.78, 5) is 26.9. The van der Waals surface area contributed by atoms with E-state index in [4.69, 9.17) is 9.47 Å². The van der Waals surface area contributed by atoms with Gasteiger partial charge >= 0.3 is 5.97 Å². The van der Waals surface area contributed by atoms with E-state index in [1.807, 2.05) is 49.4 Å². The molecule has 0 bridgehead atoms. The number of carbonyl (C=O) groups is 2. The fourth-order valence-electron chi connectivity index (χ4n) is 2.84. The number of ether oxygens (including phenoxy) is 2. The minimum absolute atomic E-state index is 0.221. The molecule has 0 aromatic heterocycles. The quantitative estimate of drug-likeness (QED) is 0.603. The van der Waals surface area contributed by atoms with Crippen LogP contribution >= 0.6 is 0 Å². The predicted molar refractivity (Wildman–Crippen MR) is 103 cm³/mol. The van der Waals surface area contributed by atoms with Crippen LogP contribution < -0.4 is 0 Å². The van der Waals surface area contributed by atoms with E-state index in [0.29, 0.717) is 31.9 Å². The number of nitrogens with zero attached hydrogens (tertiary/aromatic N) is 1. The Hall–Kier alpha value is -2.92. The standard InChI is InChI=1S/C22H23NO4/c1-17-7-9-18(10-8-17)11-12-20(24)27-21(19-5-3-2-4-6-19)22(25)23-13-15-26-16-14-23/h2-12,21H,13-16H2,1H3/b12-11+/t21-/m1/s1. The summed E-state index contributed by atoms with van der Waals surface area (Å²) in [5.74, 6) is -0.771. The largest absolute Gasteiger partial charge is 0.444 e. The molecule has 0 N–H and O–H groups in total. The Morgan fingerprint density at radius 3 is 2.37 bits per heavy atom. The van der Waals surface area contributed by atoms with E-state index in [1.54, 1.807) is 23.1 Å². The Bertz CT molecular complexity index is 793. The number of carbonyl (C=O) groups excluding carboxylic acids is 2. The van der Waals surface area contributed by atoms with Crippen molar-refractivity contribution in [2.45, 2.75) is 13.0 Å². The molecule has 0 unspecified atom stereocenters. The molecule has 27 heavy (non-hydrogen) atoms. The van der Waals surface area contributed by atoms with Crippen LogP contribution in [0.2, 0.25) is 0 Å². The van der Waals surface area contributed by atoms with E-state index in [-0.39, 0.29) is 5.91 Å². The number of amides is 1. The number of benzene rings is 2. The van der Waals surface area contributed by atoms with E-state index in [2.05, 4.69) is 0 Å². The van der Waals surface area contributed by atoms with Gasteiger partial charge in [0.05, 0.1) is 13.2 Å². The van der Waals surface area contributed by atoms with Crippen LogP contribution in [-0.2, 0) is 19.1 Å². The zero-order chi connectivity index (χ0) is 19.1. The van der Waals surface area contributed by atoms with Crippen LogP contribution in [0.25, 0.3) is 6.08 Å². The number of rotatable bonds is 5. The van der Waals surface area contributed by atoms with E-state index in [0.717, 1.165) is 11.1 Å². The van der Waals surface area contributed by atoms with E-state index < -0.39 is 12.1 Å². The van der Waals surface area contributed by atoms with Crippen LogP contribution in [0, 0.1) is 6.92 Å². The summed E-state index contributed by atoms with van der Waals surface area (Å²) in [6.45, 7) is 3.99. The SMILES string of the molecule is Cc1ccc(/C=C/C(=O)O[C@@H](C(=O)N2CCOCC2)c2ccccc2)cc1. The number of hydrogen-bond acceptors (Lipinski definition) is 4. The molecule has 1 fully saturated rings. The summed E-state index contributed by atoms with van der Waals surface area (Å²) in [6.07, 6.45) is 2.08. The first-order valence-corrected chi connectivity index (χ1v) is 9.00. The molecule has 1 aliphatic rings. The van der Waals surface area contributed by atoms with E-state index in [1.165, 1.54) is 6.08 Å². The molecule has 0 spiro atoms. The summed E-state index contributed by atoms with van der Waals surface area (Å²) in [6, 6.07) is 16.9. The summed E-state index contributed by atoms with van der Waals surface area (Å²) >= 11 is 0. The maximum atomic E-state index is 12.9. The fourth-order valence-corrected chi connectivity index (χ4v) is 2.84. The lowest BCUT2D eigenvalue weighted by Gasteiger charge is -2.30. The van der Waals surface area contributed by atoms with Gasteiger partial charge in [0.2, 0.25) is 6.10 Å². The van der Waals surface area contributed by atoms with E-state index >= 15 is 0 Å². The minimum atomic E-state index is -0.959. The summed E-state index contributed by atoms with van der Waals surface area (Å²) in [5.41, 5.74) is 2.70. The van der Waals surface area contributed by atoms with Gasteiger partial charge in [0.15, 0.2) is 0 Å². The Kier molecular flexibility index (Phi) is 6.39. The predicted octanol–water partition coefficient (Wildman–Crippen LogP) is 3.15. The van der Waals surface area contributed by atoms with Crippen molar-refractivity contribution in [1.29, 1.82) is 0 Å². The van der Waals surface area contributed by atoms with Gasteiger partial charge in [-0.05, 0) is 18.6 Å². The lowest BCUT2D eigenvalue weighted by Crippen LogP contribution is -2.44. The van der Waals surface area contributed by atoms with Crippen molar-refractivity contribution in [2.75, 3.05) is 26.3 Å². The molecule has 140 valence electrons. The average Bonchev–Trinajstić information content (AvgIpc) is 2.72. The third-order valence-corrected chi connectivity index (χ3v) is 4.37. The molecule has 1 heterocycles. The maximum Gasteiger partial charge on any atom is 0.331 e. The van der Waals surface area contributed by atoms with Crippen LogP contribution in [-0.4, -0.2) is 43.1 Å². The molecule has 3 rings (SSSR count). The van der Waals surface area contributed by atoms with Crippen molar-refractivity contribution in [3.8, 4) is 0 Å². The molecule has 0 radical (unpaired) electrons. The summed E-state index contributed by atoms with van der Waals surface area (Å²) < 4.78 is 10.8. The van der Waals surface area contributed by atoms with Crippen LogP contribution in [0.5, 0.6) is 0 Å². The number of morpholine rings is 1. The first kappa shape index (κ1) is 18.9. The van der Waals surface area contributed by atoms with Crippen LogP contribution in [0.4, 0.5) is 0 Å². The van der Waals surface area contributed by atoms with Gasteiger partial charge in [0.25, 0.3) is 5.91 Å². The summed E-state index contributed by atoms with van der Waals surface area (Å²) in [7, 11) is 0. The second-order valence-corrected chi connectivity index (χ2v) is 6.41. The van der Waals surface area contributed by atoms with Gasteiger partial charge in [-0.25, -0.2) is 4.79 Å². The first-order chi connectivity index (χ1) is 13.1. The smallest absolute Gasteiger partial charge is 0.331 e. The monoisotopic (exact) mass is 365 g/mol. The number of aryl methyl sites for hydroxylation is 1. The lowest BCUT2D eigenvalue weighted by molar-refractivity contribution is -0.159. The summed E-state index contributed by atoms with van der Waals surface area (Å²) in [5, 5.41) is 0. The highest BCUT2D eigenvalue weighted by Crippen LogP contribution is 2.21. The van der Waals surface area contributed by atoms with Gasteiger partial charge in [0.1, 0.15) is 0 Å². The van der Waals surface area contributed by atoms with E-state index in [9.17, 15) is 9.59 Å². The van der Waals surface area contributed by atoms with Gasteiger partial charge in [0, 0.05) is 24.7 Å². The molecular weight excluding hydrogens is 342 g/mol. The third kappa shape index (κ3) is 5.28. The van der Waals surface area contributed by atoms with Gasteiger partial charge in [-0.3, -0.25) is 4.79 Å². The maximum absolute atomic E-state index is 12.9. The Labute approximate surface area is 159 Å². The second kappa shape index (κ2) is 9.14. The topological polar surface area (TPSA) is 55.8 Å². The number of hydrogen-bond donors (Lipinski definition) is 0. The fraction of sp³-hybridized carbons (Fsp3) is 0.273. The highest BCUT2D eigenvalue weighted by Gasteiger charge is 2.29. The van der Waals surface area contributed by atoms with Crippen LogP contribution in [0.1, 0.15) is 22.8 Å². The molecule has 2 aromatic carbocycles. The first-order valence-electron chi connectivity index (χ1n) is 9.00. The van der Waals surface area contributed by atoms with Crippen molar-refractivity contribution in [3.05, 3.63) is 77.4 Å². The molecule has 5 nitrogen and oxygen atoms in total. The van der Waals surface area contributed by atoms with Gasteiger partial charge in [-0.15, -0.1) is 0 Å². The van der Waals surface area contributed by atoms with Crippen molar-refractivity contribution < 1.29 is 19.1 Å². The third-order valence-electron chi connectivity index (χ3n) is 4.37. The Morgan fingerprint density at radius 2 is 1.70 bits per heavy atom. The highest BCUT2D eigenvalue weighted by atomic mass is 16.5. The van der Waals surface area contributed by atoms with Crippen LogP contribution in [0.3, 0.4) is 0 Å². The zero-order valence-electron chi connectivity index (χ0n) is 15.3. The normalized spacial score (nSPS) is 15.5. The van der Waals surface area contributed by atoms with Gasteiger partial charge in [-0.2, -0.15) is 0 Å². The Balaban J connectivity index is 1.73. The molecule has 0 aliphatic carbocycles. The second-order valence-electron chi connectivity index (χ2n) is 6.41. The highest BCUT2D eigenvalue weighted by molar-refractivity contribution is 5.91. The van der Waals surface area contributed by atoms with Crippen LogP contribution in [0.15, 0.2) is 60.7 Å². The molecule has 0 saturated carbocycles. The van der Waals surface area contributed by atoms with Gasteiger partial charge < -0.3 is 14.4 Å². The lowest BCUT2D eigenvalue weighted by atomic mass is 10.1. The molecule has 1 amide bonds.